The van der Waals surface area contributed by atoms with E-state index in [9.17, 15) is 4.79 Å². The molecule has 0 aromatic carbocycles. The standard InChI is InChI=1S/C6H12N4O2/c1-12-5(11)3-2-4-8-6(7)10-9-4/h2-4,6,8-10H,7H2,1H3. The Balaban J connectivity index is 2.31. The second-order valence-corrected chi connectivity index (χ2v) is 2.29. The van der Waals surface area contributed by atoms with Gasteiger partial charge >= 0.3 is 5.97 Å². The molecule has 6 nitrogen and oxygen atoms in total. The maximum Gasteiger partial charge on any atom is 0.330 e. The van der Waals surface area contributed by atoms with Crippen LogP contribution in [-0.2, 0) is 9.53 Å². The molecule has 0 spiro atoms. The number of hydrogen-bond acceptors (Lipinski definition) is 6. The first-order chi connectivity index (χ1) is 5.72. The van der Waals surface area contributed by atoms with Crippen molar-refractivity contribution in [2.24, 2.45) is 5.73 Å². The van der Waals surface area contributed by atoms with E-state index in [2.05, 4.69) is 20.9 Å². The number of esters is 1. The Morgan fingerprint density at radius 2 is 2.33 bits per heavy atom. The van der Waals surface area contributed by atoms with Crippen LogP contribution in [0.1, 0.15) is 0 Å². The van der Waals surface area contributed by atoms with E-state index in [1.807, 2.05) is 0 Å². The molecule has 0 aromatic heterocycles. The number of ether oxygens (including phenoxy) is 1. The average molecular weight is 172 g/mol. The van der Waals surface area contributed by atoms with Crippen molar-refractivity contribution in [1.82, 2.24) is 16.2 Å². The summed E-state index contributed by atoms with van der Waals surface area (Å²) in [4.78, 5) is 10.6. The molecule has 12 heavy (non-hydrogen) atoms. The first-order valence-corrected chi connectivity index (χ1v) is 3.51. The van der Waals surface area contributed by atoms with Crippen LogP contribution in [0.15, 0.2) is 12.2 Å². The molecule has 1 rings (SSSR count). The van der Waals surface area contributed by atoms with Crippen molar-refractivity contribution < 1.29 is 9.53 Å². The van der Waals surface area contributed by atoms with Crippen molar-refractivity contribution in [2.45, 2.75) is 12.5 Å². The molecule has 0 amide bonds. The van der Waals surface area contributed by atoms with Gasteiger partial charge < -0.3 is 10.5 Å². The number of hydrazine groups is 1. The molecule has 2 atom stereocenters. The number of nitrogens with two attached hydrogens (primary N) is 1. The first kappa shape index (κ1) is 9.14. The molecule has 2 unspecified atom stereocenters. The topological polar surface area (TPSA) is 88.4 Å². The Morgan fingerprint density at radius 1 is 1.58 bits per heavy atom. The van der Waals surface area contributed by atoms with E-state index in [1.165, 1.54) is 13.2 Å². The molecule has 1 fully saturated rings. The summed E-state index contributed by atoms with van der Waals surface area (Å²) < 4.78 is 4.40. The van der Waals surface area contributed by atoms with Crippen LogP contribution >= 0.6 is 0 Å². The molecule has 5 N–H and O–H groups in total. The van der Waals surface area contributed by atoms with E-state index in [4.69, 9.17) is 5.73 Å². The maximum absolute atomic E-state index is 10.6. The Labute approximate surface area is 70.1 Å². The predicted molar refractivity (Wildman–Crippen MR) is 42.3 cm³/mol. The monoisotopic (exact) mass is 172 g/mol. The molecule has 0 radical (unpaired) electrons. The largest absolute Gasteiger partial charge is 0.466 e. The molecule has 0 aliphatic carbocycles. The van der Waals surface area contributed by atoms with Gasteiger partial charge in [0, 0.05) is 6.08 Å². The van der Waals surface area contributed by atoms with Crippen molar-refractivity contribution >= 4 is 5.97 Å². The third-order valence-electron chi connectivity index (χ3n) is 1.38. The Hall–Kier alpha value is -0.950. The highest BCUT2D eigenvalue weighted by atomic mass is 16.5. The Morgan fingerprint density at radius 3 is 2.83 bits per heavy atom. The minimum Gasteiger partial charge on any atom is -0.466 e. The van der Waals surface area contributed by atoms with Gasteiger partial charge in [-0.25, -0.2) is 15.6 Å². The zero-order valence-electron chi connectivity index (χ0n) is 6.70. The van der Waals surface area contributed by atoms with Crippen LogP contribution in [0.5, 0.6) is 0 Å². The maximum atomic E-state index is 10.6. The van der Waals surface area contributed by atoms with E-state index in [0.717, 1.165) is 0 Å². The van der Waals surface area contributed by atoms with Crippen LogP contribution in [0.4, 0.5) is 0 Å². The van der Waals surface area contributed by atoms with Gasteiger partial charge in [0.25, 0.3) is 0 Å². The van der Waals surface area contributed by atoms with Gasteiger partial charge in [-0.15, -0.1) is 0 Å². The highest BCUT2D eigenvalue weighted by Gasteiger charge is 2.15. The van der Waals surface area contributed by atoms with Gasteiger partial charge in [-0.05, 0) is 6.08 Å². The summed E-state index contributed by atoms with van der Waals surface area (Å²) in [6, 6.07) is 0. The number of nitrogens with one attached hydrogen (secondary N) is 3. The summed E-state index contributed by atoms with van der Waals surface area (Å²) >= 11 is 0. The van der Waals surface area contributed by atoms with Crippen LogP contribution in [0.2, 0.25) is 0 Å². The fraction of sp³-hybridized carbons (Fsp3) is 0.500. The van der Waals surface area contributed by atoms with Crippen LogP contribution in [-0.4, -0.2) is 25.5 Å². The normalized spacial score (nSPS) is 29.5. The second-order valence-electron chi connectivity index (χ2n) is 2.29. The highest BCUT2D eigenvalue weighted by molar-refractivity contribution is 5.81. The van der Waals surface area contributed by atoms with Crippen molar-refractivity contribution in [3.8, 4) is 0 Å². The number of methoxy groups -OCH3 is 1. The number of carbonyl (C=O) groups excluding carboxylic acids is 1. The van der Waals surface area contributed by atoms with Gasteiger partial charge in [0.05, 0.1) is 13.3 Å². The quantitative estimate of drug-likeness (QED) is 0.284. The Bertz CT molecular complexity index is 194. The molecule has 1 aliphatic heterocycles. The van der Waals surface area contributed by atoms with Crippen molar-refractivity contribution in [3.05, 3.63) is 12.2 Å². The van der Waals surface area contributed by atoms with Gasteiger partial charge in [0.2, 0.25) is 0 Å². The Kier molecular flexibility index (Phi) is 3.18. The zero-order valence-corrected chi connectivity index (χ0v) is 6.70. The number of hydrogen-bond donors (Lipinski definition) is 4. The second kappa shape index (κ2) is 4.17. The summed E-state index contributed by atoms with van der Waals surface area (Å²) in [6.45, 7) is 0. The van der Waals surface area contributed by atoms with Crippen LogP contribution in [0, 0.1) is 0 Å². The van der Waals surface area contributed by atoms with E-state index in [0.29, 0.717) is 0 Å². The summed E-state index contributed by atoms with van der Waals surface area (Å²) in [5.74, 6) is -0.390. The smallest absolute Gasteiger partial charge is 0.330 e. The highest BCUT2D eigenvalue weighted by Crippen LogP contribution is 1.88. The average Bonchev–Trinajstić information content (AvgIpc) is 2.47. The fourth-order valence-electron chi connectivity index (χ4n) is 0.803. The number of carbonyl (C=O) groups is 1. The van der Waals surface area contributed by atoms with E-state index in [-0.39, 0.29) is 18.4 Å². The van der Waals surface area contributed by atoms with Gasteiger partial charge in [-0.2, -0.15) is 0 Å². The summed E-state index contributed by atoms with van der Waals surface area (Å²) in [6.07, 6.45) is 2.51. The van der Waals surface area contributed by atoms with Crippen molar-refractivity contribution in [1.29, 1.82) is 0 Å². The lowest BCUT2D eigenvalue weighted by Gasteiger charge is -2.02. The number of rotatable bonds is 2. The van der Waals surface area contributed by atoms with Gasteiger partial charge in [0.15, 0.2) is 0 Å². The predicted octanol–water partition coefficient (Wildman–Crippen LogP) is -2.02. The molecule has 6 heteroatoms. The zero-order chi connectivity index (χ0) is 8.97. The van der Waals surface area contributed by atoms with Gasteiger partial charge in [0.1, 0.15) is 6.29 Å². The molecule has 0 bridgehead atoms. The van der Waals surface area contributed by atoms with Gasteiger partial charge in [-0.1, -0.05) is 0 Å². The third-order valence-corrected chi connectivity index (χ3v) is 1.38. The molecule has 1 saturated heterocycles. The van der Waals surface area contributed by atoms with E-state index < -0.39 is 0 Å². The summed E-state index contributed by atoms with van der Waals surface area (Å²) in [7, 11) is 1.33. The molecule has 1 heterocycles. The van der Waals surface area contributed by atoms with Crippen molar-refractivity contribution in [3.63, 3.8) is 0 Å². The van der Waals surface area contributed by atoms with Gasteiger partial charge in [-0.3, -0.25) is 5.32 Å². The third kappa shape index (κ3) is 2.59. The molecule has 68 valence electrons. The minimum atomic E-state index is -0.390. The van der Waals surface area contributed by atoms with Crippen LogP contribution < -0.4 is 21.9 Å². The summed E-state index contributed by atoms with van der Waals surface area (Å²) in [5.41, 5.74) is 11.0. The lowest BCUT2D eigenvalue weighted by molar-refractivity contribution is -0.134. The minimum absolute atomic E-state index is 0.140. The molecular weight excluding hydrogens is 160 g/mol. The summed E-state index contributed by atoms with van der Waals surface area (Å²) in [5, 5.41) is 2.89. The van der Waals surface area contributed by atoms with E-state index >= 15 is 0 Å². The molecule has 0 aromatic rings. The van der Waals surface area contributed by atoms with Crippen LogP contribution in [0.3, 0.4) is 0 Å². The lowest BCUT2D eigenvalue weighted by Crippen LogP contribution is -2.41. The fourth-order valence-corrected chi connectivity index (χ4v) is 0.803. The molecular formula is C6H12N4O2. The first-order valence-electron chi connectivity index (χ1n) is 3.51. The lowest BCUT2D eigenvalue weighted by atomic mass is 10.4. The molecule has 1 aliphatic rings. The molecule has 0 saturated carbocycles. The van der Waals surface area contributed by atoms with Crippen LogP contribution in [0.25, 0.3) is 0 Å². The SMILES string of the molecule is COC(=O)C=CC1NNC(N)N1. The van der Waals surface area contributed by atoms with Crippen molar-refractivity contribution in [2.75, 3.05) is 7.11 Å². The van der Waals surface area contributed by atoms with E-state index in [1.54, 1.807) is 6.08 Å².